The minimum Gasteiger partial charge on any atom is -0.493 e. The zero-order chi connectivity index (χ0) is 23.6. The van der Waals surface area contributed by atoms with Gasteiger partial charge in [0, 0.05) is 11.5 Å². The molecular formula is C24H23N3O5S. The Labute approximate surface area is 196 Å². The second-order valence-corrected chi connectivity index (χ2v) is 7.11. The third-order valence-corrected chi connectivity index (χ3v) is 4.70. The van der Waals surface area contributed by atoms with Crippen molar-refractivity contribution in [3.05, 3.63) is 72.3 Å². The van der Waals surface area contributed by atoms with E-state index in [1.165, 1.54) is 13.2 Å². The molecule has 3 rings (SSSR count). The number of hydrazine groups is 1. The van der Waals surface area contributed by atoms with Gasteiger partial charge in [-0.25, -0.2) is 0 Å². The molecule has 0 saturated carbocycles. The molecule has 2 amide bonds. The number of nitrogens with one attached hydrogen (secondary N) is 3. The highest BCUT2D eigenvalue weighted by atomic mass is 32.1. The Hall–Kier alpha value is -4.11. The van der Waals surface area contributed by atoms with Crippen molar-refractivity contribution in [2.75, 3.05) is 20.8 Å². The molecule has 0 heterocycles. The second-order valence-electron chi connectivity index (χ2n) is 6.71. The van der Waals surface area contributed by atoms with E-state index >= 15 is 0 Å². The first kappa shape index (κ1) is 23.6. The molecule has 0 saturated heterocycles. The van der Waals surface area contributed by atoms with Crippen molar-refractivity contribution < 1.29 is 23.8 Å². The second kappa shape index (κ2) is 11.5. The molecule has 8 nitrogen and oxygen atoms in total. The normalized spacial score (nSPS) is 10.5. The van der Waals surface area contributed by atoms with Crippen LogP contribution in [0.2, 0.25) is 0 Å². The van der Waals surface area contributed by atoms with Crippen LogP contribution in [0.5, 0.6) is 17.2 Å². The van der Waals surface area contributed by atoms with Crippen LogP contribution in [-0.4, -0.2) is 37.8 Å². The first-order valence-electron chi connectivity index (χ1n) is 9.90. The number of hydrogen-bond acceptors (Lipinski definition) is 6. The van der Waals surface area contributed by atoms with Crippen LogP contribution in [-0.2, 0) is 9.59 Å². The fourth-order valence-corrected chi connectivity index (χ4v) is 3.09. The largest absolute Gasteiger partial charge is 0.493 e. The van der Waals surface area contributed by atoms with Gasteiger partial charge in [0.05, 0.1) is 14.2 Å². The lowest BCUT2D eigenvalue weighted by atomic mass is 10.1. The summed E-state index contributed by atoms with van der Waals surface area (Å²) in [5, 5.41) is 4.30. The molecule has 3 aromatic rings. The number of thiocarbonyl (C=S) groups is 1. The van der Waals surface area contributed by atoms with Crippen molar-refractivity contribution in [3.8, 4) is 17.2 Å². The van der Waals surface area contributed by atoms with Crippen molar-refractivity contribution >= 4 is 46.0 Å². The highest BCUT2D eigenvalue weighted by molar-refractivity contribution is 7.80. The van der Waals surface area contributed by atoms with Gasteiger partial charge in [-0.2, -0.15) is 0 Å². The molecule has 0 unspecified atom stereocenters. The molecule has 0 bridgehead atoms. The molecule has 9 heteroatoms. The molecule has 170 valence electrons. The SMILES string of the molecule is COc1ccc(C=CC(=O)NC(=S)NNC(=O)COc2cccc3ccccc23)cc1OC. The van der Waals surface area contributed by atoms with E-state index in [4.69, 9.17) is 26.4 Å². The summed E-state index contributed by atoms with van der Waals surface area (Å²) in [6.07, 6.45) is 2.90. The molecule has 0 aliphatic rings. The van der Waals surface area contributed by atoms with Crippen LogP contribution in [0.4, 0.5) is 0 Å². The number of hydrogen-bond donors (Lipinski definition) is 3. The summed E-state index contributed by atoms with van der Waals surface area (Å²) in [6.45, 7) is -0.225. The number of benzene rings is 3. The Kier molecular flexibility index (Phi) is 8.20. The zero-order valence-electron chi connectivity index (χ0n) is 18.1. The quantitative estimate of drug-likeness (QED) is 0.280. The summed E-state index contributed by atoms with van der Waals surface area (Å²) in [7, 11) is 3.08. The van der Waals surface area contributed by atoms with Gasteiger partial charge >= 0.3 is 0 Å². The van der Waals surface area contributed by atoms with Gasteiger partial charge in [0.15, 0.2) is 23.2 Å². The van der Waals surface area contributed by atoms with Gasteiger partial charge in [-0.3, -0.25) is 25.8 Å². The molecule has 33 heavy (non-hydrogen) atoms. The van der Waals surface area contributed by atoms with Gasteiger partial charge in [0.1, 0.15) is 5.75 Å². The van der Waals surface area contributed by atoms with Crippen LogP contribution in [0.3, 0.4) is 0 Å². The molecule has 0 spiro atoms. The Bertz CT molecular complexity index is 1190. The number of amides is 2. The summed E-state index contributed by atoms with van der Waals surface area (Å²) in [5.41, 5.74) is 5.59. The predicted octanol–water partition coefficient (Wildman–Crippen LogP) is 2.97. The fraction of sp³-hybridized carbons (Fsp3) is 0.125. The van der Waals surface area contributed by atoms with Gasteiger partial charge in [0.25, 0.3) is 5.91 Å². The van der Waals surface area contributed by atoms with Crippen molar-refractivity contribution in [1.82, 2.24) is 16.2 Å². The van der Waals surface area contributed by atoms with Crippen LogP contribution in [0.1, 0.15) is 5.56 Å². The van der Waals surface area contributed by atoms with Crippen molar-refractivity contribution in [2.24, 2.45) is 0 Å². The van der Waals surface area contributed by atoms with E-state index in [0.717, 1.165) is 16.3 Å². The van der Waals surface area contributed by atoms with E-state index in [1.54, 1.807) is 37.5 Å². The zero-order valence-corrected chi connectivity index (χ0v) is 18.9. The smallest absolute Gasteiger partial charge is 0.276 e. The minimum atomic E-state index is -0.469. The molecule has 0 aliphatic carbocycles. The number of carbonyl (C=O) groups is 2. The van der Waals surface area contributed by atoms with Crippen LogP contribution < -0.4 is 30.4 Å². The fourth-order valence-electron chi connectivity index (χ4n) is 2.94. The van der Waals surface area contributed by atoms with Crippen LogP contribution in [0, 0.1) is 0 Å². The standard InChI is InChI=1S/C24H23N3O5S/c1-30-20-12-10-16(14-21(20)31-2)11-13-22(28)25-24(33)27-26-23(29)15-32-19-9-5-7-17-6-3-4-8-18(17)19/h3-14H,15H2,1-2H3,(H,26,29)(H2,25,27,28,33). The van der Waals surface area contributed by atoms with Crippen molar-refractivity contribution in [2.45, 2.75) is 0 Å². The number of fused-ring (bicyclic) bond motifs is 1. The molecular weight excluding hydrogens is 442 g/mol. The van der Waals surface area contributed by atoms with Gasteiger partial charge in [0.2, 0.25) is 5.91 Å². The Morgan fingerprint density at radius 2 is 1.67 bits per heavy atom. The van der Waals surface area contributed by atoms with Crippen LogP contribution in [0.15, 0.2) is 66.7 Å². The van der Waals surface area contributed by atoms with Gasteiger partial charge < -0.3 is 14.2 Å². The lowest BCUT2D eigenvalue weighted by Crippen LogP contribution is -2.49. The van der Waals surface area contributed by atoms with Crippen molar-refractivity contribution in [3.63, 3.8) is 0 Å². The van der Waals surface area contributed by atoms with Gasteiger partial charge in [-0.05, 0) is 47.4 Å². The van der Waals surface area contributed by atoms with E-state index < -0.39 is 11.8 Å². The maximum atomic E-state index is 12.1. The van der Waals surface area contributed by atoms with Crippen molar-refractivity contribution in [1.29, 1.82) is 0 Å². The minimum absolute atomic E-state index is 0.0597. The first-order valence-corrected chi connectivity index (χ1v) is 10.3. The molecule has 0 atom stereocenters. The third kappa shape index (κ3) is 6.68. The van der Waals surface area contributed by atoms with E-state index in [9.17, 15) is 9.59 Å². The van der Waals surface area contributed by atoms with E-state index in [2.05, 4.69) is 16.2 Å². The molecule has 0 fully saturated rings. The Morgan fingerprint density at radius 3 is 2.45 bits per heavy atom. The molecule has 0 radical (unpaired) electrons. The van der Waals surface area contributed by atoms with Gasteiger partial charge in [-0.15, -0.1) is 0 Å². The van der Waals surface area contributed by atoms with E-state index in [-0.39, 0.29) is 11.7 Å². The highest BCUT2D eigenvalue weighted by Gasteiger charge is 2.08. The summed E-state index contributed by atoms with van der Waals surface area (Å²) >= 11 is 5.02. The van der Waals surface area contributed by atoms with Gasteiger partial charge in [-0.1, -0.05) is 42.5 Å². The maximum Gasteiger partial charge on any atom is 0.276 e. The monoisotopic (exact) mass is 465 g/mol. The molecule has 0 aliphatic heterocycles. The highest BCUT2D eigenvalue weighted by Crippen LogP contribution is 2.28. The Morgan fingerprint density at radius 1 is 0.909 bits per heavy atom. The molecule has 0 aromatic heterocycles. The lowest BCUT2D eigenvalue weighted by molar-refractivity contribution is -0.123. The average molecular weight is 466 g/mol. The number of rotatable bonds is 7. The first-order chi connectivity index (χ1) is 16.0. The van der Waals surface area contributed by atoms with E-state index in [1.807, 2.05) is 36.4 Å². The summed E-state index contributed by atoms with van der Waals surface area (Å²) in [5.74, 6) is 0.804. The average Bonchev–Trinajstić information content (AvgIpc) is 2.84. The maximum absolute atomic E-state index is 12.1. The number of carbonyl (C=O) groups excluding carboxylic acids is 2. The summed E-state index contributed by atoms with van der Waals surface area (Å²) in [6, 6.07) is 18.6. The number of ether oxygens (including phenoxy) is 3. The topological polar surface area (TPSA) is 97.9 Å². The van der Waals surface area contributed by atoms with E-state index in [0.29, 0.717) is 17.2 Å². The Balaban J connectivity index is 1.44. The summed E-state index contributed by atoms with van der Waals surface area (Å²) < 4.78 is 16.0. The summed E-state index contributed by atoms with van der Waals surface area (Å²) in [4.78, 5) is 24.1. The molecule has 3 aromatic carbocycles. The van der Waals surface area contributed by atoms with Crippen LogP contribution in [0.25, 0.3) is 16.8 Å². The predicted molar refractivity (Wildman–Crippen MR) is 130 cm³/mol. The third-order valence-electron chi connectivity index (χ3n) is 4.50. The lowest BCUT2D eigenvalue weighted by Gasteiger charge is -2.11. The number of methoxy groups -OCH3 is 2. The molecule has 3 N–H and O–H groups in total. The van der Waals surface area contributed by atoms with Crippen LogP contribution >= 0.6 is 12.2 Å².